The van der Waals surface area contributed by atoms with Crippen molar-refractivity contribution in [1.82, 2.24) is 0 Å². The van der Waals surface area contributed by atoms with E-state index < -0.39 is 0 Å². The van der Waals surface area contributed by atoms with Crippen LogP contribution < -0.4 is 0 Å². The zero-order chi connectivity index (χ0) is 13.1. The summed E-state index contributed by atoms with van der Waals surface area (Å²) in [5.74, 6) is 6.45. The maximum atomic E-state index is 3.23. The van der Waals surface area contributed by atoms with Gasteiger partial charge in [0, 0.05) is 11.1 Å². The summed E-state index contributed by atoms with van der Waals surface area (Å²) in [6.45, 7) is 8.48. The van der Waals surface area contributed by atoms with Gasteiger partial charge in [0.2, 0.25) is 0 Å². The van der Waals surface area contributed by atoms with Crippen LogP contribution in [0.15, 0.2) is 36.4 Å². The molecule has 2 aromatic carbocycles. The molecular weight excluding hydrogens is 216 g/mol. The van der Waals surface area contributed by atoms with Crippen LogP contribution in [-0.4, -0.2) is 0 Å². The topological polar surface area (TPSA) is 0 Å². The van der Waals surface area contributed by atoms with Crippen LogP contribution in [0.3, 0.4) is 0 Å². The first-order valence-corrected chi connectivity index (χ1v) is 6.23. The zero-order valence-corrected chi connectivity index (χ0v) is 11.5. The summed E-state index contributed by atoms with van der Waals surface area (Å²) >= 11 is 0. The van der Waals surface area contributed by atoms with Crippen LogP contribution in [0.1, 0.15) is 33.4 Å². The summed E-state index contributed by atoms with van der Waals surface area (Å²) in [6.07, 6.45) is 0. The molecule has 0 spiro atoms. The Labute approximate surface area is 110 Å². The Kier molecular flexibility index (Phi) is 3.53. The first-order chi connectivity index (χ1) is 8.56. The predicted octanol–water partition coefficient (Wildman–Crippen LogP) is 4.32. The second-order valence-corrected chi connectivity index (χ2v) is 4.85. The molecule has 0 heterocycles. The van der Waals surface area contributed by atoms with Gasteiger partial charge in [0.15, 0.2) is 0 Å². The third kappa shape index (κ3) is 2.81. The van der Waals surface area contributed by atoms with Crippen LogP contribution >= 0.6 is 0 Å². The fourth-order valence-electron chi connectivity index (χ4n) is 1.78. The van der Waals surface area contributed by atoms with E-state index in [1.807, 2.05) is 0 Å². The highest BCUT2D eigenvalue weighted by molar-refractivity contribution is 5.46. The number of benzene rings is 2. The lowest BCUT2D eigenvalue weighted by Gasteiger charge is -2.00. The lowest BCUT2D eigenvalue weighted by Crippen LogP contribution is -1.84. The van der Waals surface area contributed by atoms with Crippen LogP contribution in [0.5, 0.6) is 0 Å². The third-order valence-electron chi connectivity index (χ3n) is 3.36. The van der Waals surface area contributed by atoms with Gasteiger partial charge in [-0.05, 0) is 74.2 Å². The number of rotatable bonds is 0. The molecule has 0 aliphatic rings. The molecule has 0 aromatic heterocycles. The Bertz CT molecular complexity index is 581. The summed E-state index contributed by atoms with van der Waals surface area (Å²) in [7, 11) is 0. The van der Waals surface area contributed by atoms with Crippen LogP contribution in [-0.2, 0) is 0 Å². The van der Waals surface area contributed by atoms with Gasteiger partial charge in [0.25, 0.3) is 0 Å². The zero-order valence-electron chi connectivity index (χ0n) is 11.5. The van der Waals surface area contributed by atoms with Gasteiger partial charge < -0.3 is 0 Å². The van der Waals surface area contributed by atoms with Crippen molar-refractivity contribution in [3.63, 3.8) is 0 Å². The predicted molar refractivity (Wildman–Crippen MR) is 77.8 cm³/mol. The van der Waals surface area contributed by atoms with Crippen molar-refractivity contribution in [2.75, 3.05) is 0 Å². The highest BCUT2D eigenvalue weighted by Gasteiger charge is 1.94. The summed E-state index contributed by atoms with van der Waals surface area (Å²) in [6, 6.07) is 12.7. The van der Waals surface area contributed by atoms with E-state index in [4.69, 9.17) is 0 Å². The van der Waals surface area contributed by atoms with Gasteiger partial charge in [-0.15, -0.1) is 0 Å². The van der Waals surface area contributed by atoms with Gasteiger partial charge in [-0.2, -0.15) is 0 Å². The summed E-state index contributed by atoms with van der Waals surface area (Å²) in [5.41, 5.74) is 7.37. The lowest BCUT2D eigenvalue weighted by molar-refractivity contribution is 1.33. The second-order valence-electron chi connectivity index (χ2n) is 4.85. The summed E-state index contributed by atoms with van der Waals surface area (Å²) in [4.78, 5) is 0. The summed E-state index contributed by atoms with van der Waals surface area (Å²) in [5, 5.41) is 0. The molecule has 0 N–H and O–H groups in total. The van der Waals surface area contributed by atoms with E-state index in [0.717, 1.165) is 11.1 Å². The van der Waals surface area contributed by atoms with Crippen LogP contribution in [0, 0.1) is 39.5 Å². The highest BCUT2D eigenvalue weighted by atomic mass is 14.0. The van der Waals surface area contributed by atoms with Crippen molar-refractivity contribution in [3.05, 3.63) is 69.8 Å². The van der Waals surface area contributed by atoms with Crippen LogP contribution in [0.2, 0.25) is 0 Å². The largest absolute Gasteiger partial charge is 0.0616 e. The van der Waals surface area contributed by atoms with E-state index in [2.05, 4.69) is 75.9 Å². The van der Waals surface area contributed by atoms with E-state index in [1.54, 1.807) is 0 Å². The van der Waals surface area contributed by atoms with Crippen molar-refractivity contribution in [2.45, 2.75) is 27.7 Å². The van der Waals surface area contributed by atoms with E-state index in [0.29, 0.717) is 0 Å². The normalized spacial score (nSPS) is 9.78. The van der Waals surface area contributed by atoms with E-state index in [1.165, 1.54) is 22.3 Å². The molecule has 0 amide bonds. The van der Waals surface area contributed by atoms with Gasteiger partial charge in [0.1, 0.15) is 0 Å². The van der Waals surface area contributed by atoms with Crippen molar-refractivity contribution in [2.24, 2.45) is 0 Å². The molecule has 0 aliphatic heterocycles. The Morgan fingerprint density at radius 1 is 0.556 bits per heavy atom. The molecule has 18 heavy (non-hydrogen) atoms. The van der Waals surface area contributed by atoms with Gasteiger partial charge >= 0.3 is 0 Å². The van der Waals surface area contributed by atoms with Crippen molar-refractivity contribution >= 4 is 0 Å². The van der Waals surface area contributed by atoms with Gasteiger partial charge in [-0.1, -0.05) is 24.0 Å². The van der Waals surface area contributed by atoms with Crippen molar-refractivity contribution in [1.29, 1.82) is 0 Å². The average Bonchev–Trinajstić information content (AvgIpc) is 2.35. The smallest absolute Gasteiger partial charge is 0.0251 e. The Morgan fingerprint density at radius 3 is 1.28 bits per heavy atom. The fourth-order valence-corrected chi connectivity index (χ4v) is 1.78. The van der Waals surface area contributed by atoms with Crippen LogP contribution in [0.25, 0.3) is 0 Å². The monoisotopic (exact) mass is 234 g/mol. The quantitative estimate of drug-likeness (QED) is 0.595. The second kappa shape index (κ2) is 5.10. The molecule has 0 fully saturated rings. The first kappa shape index (κ1) is 12.5. The van der Waals surface area contributed by atoms with E-state index in [9.17, 15) is 0 Å². The van der Waals surface area contributed by atoms with Gasteiger partial charge in [-0.3, -0.25) is 0 Å². The maximum Gasteiger partial charge on any atom is 0.0251 e. The molecule has 90 valence electrons. The molecule has 0 bridgehead atoms. The van der Waals surface area contributed by atoms with Crippen molar-refractivity contribution < 1.29 is 0 Å². The standard InChI is InChI=1S/C18H18/c1-13-5-7-17(11-15(13)3)9-10-18-8-6-14(2)16(4)12-18/h5-8,11-12H,1-4H3. The number of hydrogen-bond donors (Lipinski definition) is 0. The Balaban J connectivity index is 2.30. The van der Waals surface area contributed by atoms with Crippen molar-refractivity contribution in [3.8, 4) is 11.8 Å². The minimum absolute atomic E-state index is 1.08. The molecule has 2 rings (SSSR count). The number of aryl methyl sites for hydroxylation is 4. The molecular formula is C18H18. The Hall–Kier alpha value is -2.00. The number of hydrogen-bond acceptors (Lipinski definition) is 0. The highest BCUT2D eigenvalue weighted by Crippen LogP contribution is 2.11. The first-order valence-electron chi connectivity index (χ1n) is 6.23. The molecule has 0 unspecified atom stereocenters. The molecule has 0 atom stereocenters. The summed E-state index contributed by atoms with van der Waals surface area (Å²) < 4.78 is 0. The molecule has 0 heteroatoms. The Morgan fingerprint density at radius 2 is 0.944 bits per heavy atom. The average molecular weight is 234 g/mol. The molecule has 0 radical (unpaired) electrons. The molecule has 2 aromatic rings. The van der Waals surface area contributed by atoms with E-state index in [-0.39, 0.29) is 0 Å². The molecule has 0 nitrogen and oxygen atoms in total. The minimum atomic E-state index is 1.08. The molecule has 0 saturated heterocycles. The third-order valence-corrected chi connectivity index (χ3v) is 3.36. The fraction of sp³-hybridized carbons (Fsp3) is 0.222. The van der Waals surface area contributed by atoms with Crippen LogP contribution in [0.4, 0.5) is 0 Å². The SMILES string of the molecule is Cc1ccc(C#Cc2ccc(C)c(C)c2)cc1C. The maximum absolute atomic E-state index is 3.23. The van der Waals surface area contributed by atoms with Gasteiger partial charge in [0.05, 0.1) is 0 Å². The molecule has 0 saturated carbocycles. The van der Waals surface area contributed by atoms with Gasteiger partial charge in [-0.25, -0.2) is 0 Å². The lowest BCUT2D eigenvalue weighted by atomic mass is 10.0. The molecule has 0 aliphatic carbocycles. The van der Waals surface area contributed by atoms with E-state index >= 15 is 0 Å². The minimum Gasteiger partial charge on any atom is -0.0616 e.